The molecule has 0 unspecified atom stereocenters. The summed E-state index contributed by atoms with van der Waals surface area (Å²) in [6.07, 6.45) is 9.23. The number of methoxy groups -OCH3 is 2. The number of aromatic nitrogens is 2. The van der Waals surface area contributed by atoms with E-state index in [0.717, 1.165) is 63.0 Å². The van der Waals surface area contributed by atoms with Gasteiger partial charge < -0.3 is 19.5 Å². The Bertz CT molecular complexity index is 921. The van der Waals surface area contributed by atoms with E-state index >= 15 is 0 Å². The van der Waals surface area contributed by atoms with E-state index in [-0.39, 0.29) is 0 Å². The smallest absolute Gasteiger partial charge is 0.257 e. The molecule has 0 amide bonds. The van der Waals surface area contributed by atoms with Crippen molar-refractivity contribution < 1.29 is 14.2 Å². The predicted molar refractivity (Wildman–Crippen MR) is 121 cm³/mol. The highest BCUT2D eigenvalue weighted by Gasteiger charge is 2.29. The molecule has 168 valence electrons. The van der Waals surface area contributed by atoms with Crippen LogP contribution in [0, 0.1) is 0 Å². The maximum absolute atomic E-state index is 5.60. The van der Waals surface area contributed by atoms with Crippen molar-refractivity contribution in [2.45, 2.75) is 63.5 Å². The molecule has 1 aliphatic carbocycles. The standard InChI is InChI=1S/C24H34N4O3/c1-29-21-14-20-23(27-24(21)30-2)22(18-6-4-3-5-7-19(18)26-20)25-16-8-11-28(12-9-16)17-10-13-31-15-17/h14,16-17H,3-13,15H2,1-2H3,(H,25,26)/t17-/m1/s1. The number of anilines is 1. The topological polar surface area (TPSA) is 68.7 Å². The van der Waals surface area contributed by atoms with Crippen LogP contribution in [0.1, 0.15) is 49.8 Å². The molecule has 2 fully saturated rings. The molecule has 0 spiro atoms. The average Bonchev–Trinajstić information content (AvgIpc) is 3.24. The highest BCUT2D eigenvalue weighted by molar-refractivity contribution is 5.91. The molecule has 0 bridgehead atoms. The third-order valence-electron chi connectivity index (χ3n) is 7.13. The van der Waals surface area contributed by atoms with Gasteiger partial charge in [0.05, 0.1) is 32.0 Å². The largest absolute Gasteiger partial charge is 0.491 e. The summed E-state index contributed by atoms with van der Waals surface area (Å²) in [6.45, 7) is 4.06. The van der Waals surface area contributed by atoms with Gasteiger partial charge in [-0.05, 0) is 50.5 Å². The molecule has 3 aliphatic rings. The first kappa shape index (κ1) is 20.8. The molecule has 1 N–H and O–H groups in total. The Labute approximate surface area is 184 Å². The molecule has 7 nitrogen and oxygen atoms in total. The lowest BCUT2D eigenvalue weighted by atomic mass is 9.99. The van der Waals surface area contributed by atoms with Gasteiger partial charge in [-0.15, -0.1) is 0 Å². The van der Waals surface area contributed by atoms with Gasteiger partial charge in [0.2, 0.25) is 0 Å². The molecule has 31 heavy (non-hydrogen) atoms. The number of aryl methyl sites for hydroxylation is 1. The Morgan fingerprint density at radius 2 is 1.87 bits per heavy atom. The van der Waals surface area contributed by atoms with Gasteiger partial charge in [-0.2, -0.15) is 0 Å². The van der Waals surface area contributed by atoms with Crippen molar-refractivity contribution in [3.05, 3.63) is 17.3 Å². The Morgan fingerprint density at radius 1 is 1.03 bits per heavy atom. The van der Waals surface area contributed by atoms with Crippen LogP contribution < -0.4 is 14.8 Å². The second-order valence-corrected chi connectivity index (χ2v) is 9.01. The minimum atomic E-state index is 0.450. The highest BCUT2D eigenvalue weighted by Crippen LogP contribution is 2.37. The minimum Gasteiger partial charge on any atom is -0.491 e. The molecule has 0 radical (unpaired) electrons. The molecule has 4 heterocycles. The zero-order valence-electron chi connectivity index (χ0n) is 18.8. The third kappa shape index (κ3) is 4.17. The fourth-order valence-corrected chi connectivity index (χ4v) is 5.36. The molecule has 1 atom stereocenters. The lowest BCUT2D eigenvalue weighted by molar-refractivity contribution is 0.124. The number of fused-ring (bicyclic) bond motifs is 2. The van der Waals surface area contributed by atoms with Crippen molar-refractivity contribution in [2.75, 3.05) is 45.8 Å². The average molecular weight is 427 g/mol. The van der Waals surface area contributed by atoms with E-state index in [2.05, 4.69) is 10.2 Å². The summed E-state index contributed by atoms with van der Waals surface area (Å²) in [5.74, 6) is 1.15. The van der Waals surface area contributed by atoms with Gasteiger partial charge in [0, 0.05) is 43.5 Å². The zero-order valence-corrected chi connectivity index (χ0v) is 18.8. The van der Waals surface area contributed by atoms with Crippen LogP contribution >= 0.6 is 0 Å². The first-order valence-corrected chi connectivity index (χ1v) is 11.8. The van der Waals surface area contributed by atoms with E-state index in [1.54, 1.807) is 14.2 Å². The highest BCUT2D eigenvalue weighted by atomic mass is 16.5. The van der Waals surface area contributed by atoms with Crippen molar-refractivity contribution in [3.8, 4) is 11.6 Å². The fourth-order valence-electron chi connectivity index (χ4n) is 5.36. The Morgan fingerprint density at radius 3 is 2.61 bits per heavy atom. The second-order valence-electron chi connectivity index (χ2n) is 9.01. The van der Waals surface area contributed by atoms with Gasteiger partial charge in [-0.25, -0.2) is 4.98 Å². The summed E-state index contributed by atoms with van der Waals surface area (Å²) >= 11 is 0. The van der Waals surface area contributed by atoms with Gasteiger partial charge >= 0.3 is 0 Å². The lowest BCUT2D eigenvalue weighted by Crippen LogP contribution is -2.45. The summed E-state index contributed by atoms with van der Waals surface area (Å²) < 4.78 is 16.6. The second kappa shape index (κ2) is 9.17. The lowest BCUT2D eigenvalue weighted by Gasteiger charge is -2.36. The number of likely N-dealkylation sites (tertiary alicyclic amines) is 1. The SMILES string of the molecule is COc1cc2nc3c(c(NC4CCN([C@@H]5CCOC5)CC4)c2nc1OC)CCCCC3. The van der Waals surface area contributed by atoms with Crippen molar-refractivity contribution in [3.63, 3.8) is 0 Å². The van der Waals surface area contributed by atoms with Gasteiger partial charge in [0.1, 0.15) is 5.52 Å². The van der Waals surface area contributed by atoms with Crippen LogP contribution in [0.25, 0.3) is 11.0 Å². The zero-order chi connectivity index (χ0) is 21.2. The molecule has 7 heteroatoms. The maximum atomic E-state index is 5.60. The summed E-state index contributed by atoms with van der Waals surface area (Å²) in [5.41, 5.74) is 5.55. The van der Waals surface area contributed by atoms with Crippen LogP contribution in [0.4, 0.5) is 5.69 Å². The first-order chi connectivity index (χ1) is 15.3. The molecule has 0 saturated carbocycles. The van der Waals surface area contributed by atoms with E-state index < -0.39 is 0 Å². The van der Waals surface area contributed by atoms with Crippen LogP contribution in [0.5, 0.6) is 11.6 Å². The van der Waals surface area contributed by atoms with E-state index in [1.807, 2.05) is 6.07 Å². The summed E-state index contributed by atoms with van der Waals surface area (Å²) in [5, 5.41) is 3.92. The van der Waals surface area contributed by atoms with E-state index in [1.165, 1.54) is 42.6 Å². The van der Waals surface area contributed by atoms with Gasteiger partial charge in [0.15, 0.2) is 5.75 Å². The van der Waals surface area contributed by atoms with Crippen molar-refractivity contribution in [2.24, 2.45) is 0 Å². The number of hydrogen-bond acceptors (Lipinski definition) is 7. The van der Waals surface area contributed by atoms with Crippen LogP contribution in [0.2, 0.25) is 0 Å². The number of hydrogen-bond donors (Lipinski definition) is 1. The Balaban J connectivity index is 1.46. The van der Waals surface area contributed by atoms with Crippen LogP contribution in [0.3, 0.4) is 0 Å². The molecular formula is C24H34N4O3. The van der Waals surface area contributed by atoms with Gasteiger partial charge in [0.25, 0.3) is 5.88 Å². The van der Waals surface area contributed by atoms with E-state index in [4.69, 9.17) is 24.2 Å². The van der Waals surface area contributed by atoms with Gasteiger partial charge in [-0.1, -0.05) is 6.42 Å². The molecule has 5 rings (SSSR count). The minimum absolute atomic E-state index is 0.450. The van der Waals surface area contributed by atoms with Crippen molar-refractivity contribution in [1.82, 2.24) is 14.9 Å². The molecule has 2 aliphatic heterocycles. The maximum Gasteiger partial charge on any atom is 0.257 e. The van der Waals surface area contributed by atoms with Crippen LogP contribution in [0.15, 0.2) is 6.07 Å². The monoisotopic (exact) mass is 426 g/mol. The molecular weight excluding hydrogens is 392 g/mol. The Kier molecular flexibility index (Phi) is 6.14. The molecule has 2 saturated heterocycles. The predicted octanol–water partition coefficient (Wildman–Crippen LogP) is 3.58. The van der Waals surface area contributed by atoms with Crippen LogP contribution in [-0.4, -0.2) is 67.5 Å². The quantitative estimate of drug-likeness (QED) is 0.733. The summed E-state index contributed by atoms with van der Waals surface area (Å²) in [6, 6.07) is 3.03. The van der Waals surface area contributed by atoms with E-state index in [0.29, 0.717) is 23.7 Å². The van der Waals surface area contributed by atoms with Crippen molar-refractivity contribution >= 4 is 16.7 Å². The number of nitrogens with zero attached hydrogens (tertiary/aromatic N) is 3. The molecule has 2 aromatic heterocycles. The first-order valence-electron chi connectivity index (χ1n) is 11.8. The number of piperidine rings is 1. The summed E-state index contributed by atoms with van der Waals surface area (Å²) in [4.78, 5) is 12.5. The molecule has 0 aromatic carbocycles. The number of ether oxygens (including phenoxy) is 3. The Hall–Kier alpha value is -2.12. The number of pyridine rings is 2. The normalized spacial score (nSPS) is 22.8. The van der Waals surface area contributed by atoms with Gasteiger partial charge in [-0.3, -0.25) is 9.88 Å². The van der Waals surface area contributed by atoms with Crippen LogP contribution in [-0.2, 0) is 17.6 Å². The van der Waals surface area contributed by atoms with Crippen molar-refractivity contribution in [1.29, 1.82) is 0 Å². The summed E-state index contributed by atoms with van der Waals surface area (Å²) in [7, 11) is 3.29. The third-order valence-corrected chi connectivity index (χ3v) is 7.13. The number of rotatable bonds is 5. The van der Waals surface area contributed by atoms with E-state index in [9.17, 15) is 0 Å². The number of nitrogens with one attached hydrogen (secondary N) is 1. The fraction of sp³-hybridized carbons (Fsp3) is 0.667. The molecule has 2 aromatic rings.